The van der Waals surface area contributed by atoms with E-state index < -0.39 is 5.97 Å². The molecule has 0 unspecified atom stereocenters. The molecule has 0 aliphatic carbocycles. The Morgan fingerprint density at radius 1 is 1.15 bits per heavy atom. The fourth-order valence-electron chi connectivity index (χ4n) is 3.34. The predicted octanol–water partition coefficient (Wildman–Crippen LogP) is 3.20. The summed E-state index contributed by atoms with van der Waals surface area (Å²) >= 11 is 1.23. The van der Waals surface area contributed by atoms with Crippen LogP contribution in [0.4, 0.5) is 0 Å². The zero-order valence-corrected chi connectivity index (χ0v) is 19.0. The van der Waals surface area contributed by atoms with Gasteiger partial charge in [0.15, 0.2) is 11.0 Å². The summed E-state index contributed by atoms with van der Waals surface area (Å²) in [6, 6.07) is 15.5. The van der Waals surface area contributed by atoms with Crippen molar-refractivity contribution in [1.82, 2.24) is 25.1 Å². The van der Waals surface area contributed by atoms with Crippen molar-refractivity contribution in [1.29, 1.82) is 0 Å². The van der Waals surface area contributed by atoms with E-state index in [1.54, 1.807) is 14.0 Å². The van der Waals surface area contributed by atoms with E-state index in [0.29, 0.717) is 16.7 Å². The topological polar surface area (TPSA) is 111 Å². The largest absolute Gasteiger partial charge is 0.497 e. The zero-order valence-electron chi connectivity index (χ0n) is 18.2. The Hall–Kier alpha value is -3.79. The van der Waals surface area contributed by atoms with Crippen molar-refractivity contribution in [3.8, 4) is 22.8 Å². The number of esters is 1. The number of nitrogens with one attached hydrogen (secondary N) is 2. The van der Waals surface area contributed by atoms with Crippen molar-refractivity contribution in [2.45, 2.75) is 12.1 Å². The molecule has 0 spiro atoms. The molecule has 2 aromatic heterocycles. The highest BCUT2D eigenvalue weighted by molar-refractivity contribution is 7.99. The van der Waals surface area contributed by atoms with E-state index in [1.807, 2.05) is 59.3 Å². The van der Waals surface area contributed by atoms with E-state index in [-0.39, 0.29) is 24.8 Å². The highest BCUT2D eigenvalue weighted by Crippen LogP contribution is 2.33. The normalized spacial score (nSPS) is 10.8. The molecule has 0 radical (unpaired) electrons. The number of benzene rings is 2. The molecule has 2 heterocycles. The maximum Gasteiger partial charge on any atom is 0.325 e. The maximum atomic E-state index is 12.3. The van der Waals surface area contributed by atoms with Gasteiger partial charge in [-0.2, -0.15) is 0 Å². The number of amides is 1. The lowest BCUT2D eigenvalue weighted by Crippen LogP contribution is -2.31. The highest BCUT2D eigenvalue weighted by Gasteiger charge is 2.20. The van der Waals surface area contributed by atoms with Gasteiger partial charge in [0.05, 0.1) is 25.2 Å². The molecule has 4 aromatic rings. The number of carbonyl (C=O) groups excluding carboxylic acids is 2. The molecule has 0 fully saturated rings. The maximum absolute atomic E-state index is 12.3. The Morgan fingerprint density at radius 2 is 2.00 bits per heavy atom. The second kappa shape index (κ2) is 10.2. The molecule has 9 nitrogen and oxygen atoms in total. The molecule has 10 heteroatoms. The van der Waals surface area contributed by atoms with Gasteiger partial charge >= 0.3 is 5.97 Å². The fourth-order valence-corrected chi connectivity index (χ4v) is 4.12. The van der Waals surface area contributed by atoms with Gasteiger partial charge in [-0.3, -0.25) is 14.2 Å². The summed E-state index contributed by atoms with van der Waals surface area (Å²) in [5, 5.41) is 12.9. The third-order valence-electron chi connectivity index (χ3n) is 4.84. The highest BCUT2D eigenvalue weighted by atomic mass is 32.2. The lowest BCUT2D eigenvalue weighted by atomic mass is 10.1. The minimum atomic E-state index is -0.475. The van der Waals surface area contributed by atoms with E-state index in [9.17, 15) is 9.59 Å². The molecule has 33 heavy (non-hydrogen) atoms. The van der Waals surface area contributed by atoms with Gasteiger partial charge in [-0.15, -0.1) is 10.2 Å². The quantitative estimate of drug-likeness (QED) is 0.288. The van der Waals surface area contributed by atoms with Crippen molar-refractivity contribution in [3.05, 3.63) is 54.7 Å². The molecule has 0 saturated heterocycles. The van der Waals surface area contributed by atoms with Crippen LogP contribution in [0.5, 0.6) is 5.75 Å². The molecule has 0 aliphatic heterocycles. The zero-order chi connectivity index (χ0) is 23.2. The molecule has 2 aromatic carbocycles. The Labute approximate surface area is 194 Å². The number of carbonyl (C=O) groups is 2. The van der Waals surface area contributed by atoms with Crippen molar-refractivity contribution >= 4 is 34.5 Å². The Bertz CT molecular complexity index is 1280. The summed E-state index contributed by atoms with van der Waals surface area (Å²) in [5.74, 6) is 0.610. The monoisotopic (exact) mass is 465 g/mol. The number of rotatable bonds is 9. The van der Waals surface area contributed by atoms with Gasteiger partial charge in [0, 0.05) is 28.7 Å². The van der Waals surface area contributed by atoms with Crippen LogP contribution in [0.2, 0.25) is 0 Å². The van der Waals surface area contributed by atoms with Gasteiger partial charge in [0.25, 0.3) is 0 Å². The molecule has 170 valence electrons. The summed E-state index contributed by atoms with van der Waals surface area (Å²) in [6.45, 7) is 1.81. The lowest BCUT2D eigenvalue weighted by molar-refractivity contribution is -0.143. The van der Waals surface area contributed by atoms with Crippen molar-refractivity contribution in [2.24, 2.45) is 0 Å². The number of thioether (sulfide) groups is 1. The van der Waals surface area contributed by atoms with Crippen LogP contribution < -0.4 is 10.1 Å². The van der Waals surface area contributed by atoms with Gasteiger partial charge in [0.2, 0.25) is 5.91 Å². The molecule has 1 amide bonds. The first-order chi connectivity index (χ1) is 16.1. The van der Waals surface area contributed by atoms with E-state index in [4.69, 9.17) is 9.47 Å². The summed E-state index contributed by atoms with van der Waals surface area (Å²) in [6.07, 6.45) is 1.89. The Balaban J connectivity index is 1.65. The standard InChI is InChI=1S/C23H23N5O4S/c1-3-32-21(30)13-25-20(29)14-33-23-27-26-22(18-12-24-19-10-5-4-9-17(18)19)28(23)15-7-6-8-16(11-15)31-2/h4-12,24H,3,13-14H2,1-2H3,(H,25,29). The summed E-state index contributed by atoms with van der Waals surface area (Å²) in [7, 11) is 1.61. The van der Waals surface area contributed by atoms with E-state index in [2.05, 4.69) is 20.5 Å². The number of aromatic amines is 1. The predicted molar refractivity (Wildman–Crippen MR) is 126 cm³/mol. The van der Waals surface area contributed by atoms with Gasteiger partial charge in [0.1, 0.15) is 12.3 Å². The third-order valence-corrected chi connectivity index (χ3v) is 5.77. The molecule has 2 N–H and O–H groups in total. The number of ether oxygens (including phenoxy) is 2. The summed E-state index contributed by atoms with van der Waals surface area (Å²) in [5.41, 5.74) is 2.67. The van der Waals surface area contributed by atoms with Crippen LogP contribution in [0.1, 0.15) is 6.92 Å². The van der Waals surface area contributed by atoms with Crippen LogP contribution in [0.3, 0.4) is 0 Å². The summed E-state index contributed by atoms with van der Waals surface area (Å²) < 4.78 is 12.1. The number of methoxy groups -OCH3 is 1. The number of fused-ring (bicyclic) bond motifs is 1. The fraction of sp³-hybridized carbons (Fsp3) is 0.217. The summed E-state index contributed by atoms with van der Waals surface area (Å²) in [4.78, 5) is 27.0. The van der Waals surface area contributed by atoms with Crippen LogP contribution in [0.25, 0.3) is 28.0 Å². The van der Waals surface area contributed by atoms with Crippen molar-refractivity contribution < 1.29 is 19.1 Å². The van der Waals surface area contributed by atoms with Crippen LogP contribution in [-0.2, 0) is 14.3 Å². The molecule has 4 rings (SSSR count). The number of H-pyrrole nitrogens is 1. The first-order valence-corrected chi connectivity index (χ1v) is 11.3. The van der Waals surface area contributed by atoms with Crippen molar-refractivity contribution in [2.75, 3.05) is 26.0 Å². The van der Waals surface area contributed by atoms with Gasteiger partial charge in [-0.05, 0) is 25.1 Å². The van der Waals surface area contributed by atoms with E-state index >= 15 is 0 Å². The minimum absolute atomic E-state index is 0.0649. The molecular formula is C23H23N5O4S. The van der Waals surface area contributed by atoms with E-state index in [1.165, 1.54) is 11.8 Å². The second-order valence-electron chi connectivity index (χ2n) is 6.96. The molecule has 0 bridgehead atoms. The molecule has 0 saturated carbocycles. The van der Waals surface area contributed by atoms with Crippen LogP contribution in [0.15, 0.2) is 59.9 Å². The first kappa shape index (κ1) is 22.4. The number of hydrogen-bond acceptors (Lipinski definition) is 7. The number of nitrogens with zero attached hydrogens (tertiary/aromatic N) is 3. The number of para-hydroxylation sites is 1. The second-order valence-corrected chi connectivity index (χ2v) is 7.90. The molecular weight excluding hydrogens is 442 g/mol. The van der Waals surface area contributed by atoms with Crippen molar-refractivity contribution in [3.63, 3.8) is 0 Å². The Kier molecular flexibility index (Phi) is 6.94. The van der Waals surface area contributed by atoms with E-state index in [0.717, 1.165) is 22.2 Å². The van der Waals surface area contributed by atoms with Gasteiger partial charge in [-0.1, -0.05) is 36.0 Å². The minimum Gasteiger partial charge on any atom is -0.497 e. The smallest absolute Gasteiger partial charge is 0.325 e. The first-order valence-electron chi connectivity index (χ1n) is 10.3. The average molecular weight is 466 g/mol. The number of hydrogen-bond donors (Lipinski definition) is 2. The average Bonchev–Trinajstić information content (AvgIpc) is 3.45. The van der Waals surface area contributed by atoms with Gasteiger partial charge in [-0.25, -0.2) is 0 Å². The third kappa shape index (κ3) is 5.01. The molecule has 0 aliphatic rings. The van der Waals surface area contributed by atoms with Crippen LogP contribution >= 0.6 is 11.8 Å². The lowest BCUT2D eigenvalue weighted by Gasteiger charge is -2.11. The molecule has 0 atom stereocenters. The SMILES string of the molecule is CCOC(=O)CNC(=O)CSc1nnc(-c2c[nH]c3ccccc23)n1-c1cccc(OC)c1. The van der Waals surface area contributed by atoms with Crippen LogP contribution in [-0.4, -0.2) is 57.6 Å². The van der Waals surface area contributed by atoms with Gasteiger partial charge < -0.3 is 19.8 Å². The van der Waals surface area contributed by atoms with Crippen LogP contribution in [0, 0.1) is 0 Å². The number of aromatic nitrogens is 4. The Morgan fingerprint density at radius 3 is 2.82 bits per heavy atom.